The number of carboxylic acids is 1. The van der Waals surface area contributed by atoms with Crippen LogP contribution in [0, 0.1) is 0 Å². The smallest absolute Gasteiger partial charge is 0.548 e. The van der Waals surface area contributed by atoms with Crippen LogP contribution < -0.4 is 39.4 Å². The molecule has 7 heteroatoms. The van der Waals surface area contributed by atoms with E-state index < -0.39 is 22.0 Å². The summed E-state index contributed by atoms with van der Waals surface area (Å²) in [5.41, 5.74) is 0. The van der Waals surface area contributed by atoms with Crippen molar-refractivity contribution in [1.29, 1.82) is 0 Å². The summed E-state index contributed by atoms with van der Waals surface area (Å²) >= 11 is 0. The van der Waals surface area contributed by atoms with Crippen molar-refractivity contribution in [2.24, 2.45) is 0 Å². The summed E-state index contributed by atoms with van der Waals surface area (Å²) < 4.78 is 25.5. The second kappa shape index (κ2) is 7.13. The molecule has 1 rings (SSSR count). The second-order valence-corrected chi connectivity index (χ2v) is 4.93. The number of carboxylic acid groups (broad SMARTS) is 1. The molecule has 0 aromatic heterocycles. The van der Waals surface area contributed by atoms with Crippen LogP contribution in [-0.2, 0) is 14.8 Å². The molecule has 0 aliphatic heterocycles. The van der Waals surface area contributed by atoms with Gasteiger partial charge in [0.1, 0.15) is 0 Å². The Morgan fingerprint density at radius 3 is 2.29 bits per heavy atom. The molecule has 88 valence electrons. The van der Waals surface area contributed by atoms with Crippen LogP contribution in [-0.4, -0.2) is 20.4 Å². The molecule has 1 aromatic carbocycles. The van der Waals surface area contributed by atoms with Crippen LogP contribution in [0.5, 0.6) is 0 Å². The van der Waals surface area contributed by atoms with Crippen molar-refractivity contribution in [3.8, 4) is 0 Å². The molecule has 17 heavy (non-hydrogen) atoms. The first kappa shape index (κ1) is 16.6. The SMILES string of the molecule is CCC(NS(=O)(=O)c1ccccc1)C(=O)[O-].[Na+]. The second-order valence-electron chi connectivity index (χ2n) is 3.21. The number of carbonyl (C=O) groups is 1. The van der Waals surface area contributed by atoms with Crippen LogP contribution >= 0.6 is 0 Å². The fourth-order valence-electron chi connectivity index (χ4n) is 1.15. The molecule has 0 spiro atoms. The van der Waals surface area contributed by atoms with Gasteiger partial charge in [-0.3, -0.25) is 0 Å². The van der Waals surface area contributed by atoms with Crippen LogP contribution in [0.25, 0.3) is 0 Å². The van der Waals surface area contributed by atoms with Crippen molar-refractivity contribution in [2.75, 3.05) is 0 Å². The predicted molar refractivity (Wildman–Crippen MR) is 55.8 cm³/mol. The van der Waals surface area contributed by atoms with Gasteiger partial charge in [0.15, 0.2) is 0 Å². The number of hydrogen-bond acceptors (Lipinski definition) is 4. The van der Waals surface area contributed by atoms with Crippen molar-refractivity contribution >= 4 is 16.0 Å². The van der Waals surface area contributed by atoms with E-state index in [0.717, 1.165) is 0 Å². The van der Waals surface area contributed by atoms with Gasteiger partial charge in [-0.05, 0) is 18.6 Å². The summed E-state index contributed by atoms with van der Waals surface area (Å²) in [5, 5.41) is 10.6. The topological polar surface area (TPSA) is 86.3 Å². The van der Waals surface area contributed by atoms with E-state index >= 15 is 0 Å². The van der Waals surface area contributed by atoms with E-state index in [1.807, 2.05) is 0 Å². The van der Waals surface area contributed by atoms with Gasteiger partial charge < -0.3 is 9.90 Å². The monoisotopic (exact) mass is 265 g/mol. The van der Waals surface area contributed by atoms with E-state index in [-0.39, 0.29) is 40.9 Å². The fourth-order valence-corrected chi connectivity index (χ4v) is 2.44. The molecular weight excluding hydrogens is 253 g/mol. The summed E-state index contributed by atoms with van der Waals surface area (Å²) in [7, 11) is -3.79. The Labute approximate surface area is 123 Å². The van der Waals surface area contributed by atoms with Gasteiger partial charge >= 0.3 is 29.6 Å². The Morgan fingerprint density at radius 1 is 1.35 bits per heavy atom. The average Bonchev–Trinajstić information content (AvgIpc) is 2.27. The van der Waals surface area contributed by atoms with Gasteiger partial charge in [0.25, 0.3) is 0 Å². The standard InChI is InChI=1S/C10H13NO4S.Na/c1-2-9(10(12)13)11-16(14,15)8-6-4-3-5-7-8;/h3-7,9,11H,2H2,1H3,(H,12,13);/q;+1/p-1. The summed E-state index contributed by atoms with van der Waals surface area (Å²) in [6, 6.07) is 6.39. The number of carbonyl (C=O) groups excluding carboxylic acids is 1. The van der Waals surface area contributed by atoms with Crippen LogP contribution in [0.4, 0.5) is 0 Å². The van der Waals surface area contributed by atoms with Crippen LogP contribution in [0.3, 0.4) is 0 Å². The number of hydrogen-bond donors (Lipinski definition) is 1. The summed E-state index contributed by atoms with van der Waals surface area (Å²) in [5.74, 6) is -1.43. The zero-order chi connectivity index (χ0) is 12.2. The van der Waals surface area contributed by atoms with Gasteiger partial charge in [-0.1, -0.05) is 25.1 Å². The summed E-state index contributed by atoms with van der Waals surface area (Å²) in [6.45, 7) is 1.56. The molecule has 0 aliphatic carbocycles. The number of sulfonamides is 1. The third-order valence-electron chi connectivity index (χ3n) is 2.04. The fraction of sp³-hybridized carbons (Fsp3) is 0.300. The summed E-state index contributed by atoms with van der Waals surface area (Å²) in [4.78, 5) is 10.6. The Bertz CT molecular complexity index is 460. The number of nitrogens with one attached hydrogen (secondary N) is 1. The number of aliphatic carboxylic acids is 1. The first-order valence-electron chi connectivity index (χ1n) is 4.75. The minimum Gasteiger partial charge on any atom is -0.548 e. The van der Waals surface area contributed by atoms with Gasteiger partial charge in [0, 0.05) is 0 Å². The Balaban J connectivity index is 0.00000256. The van der Waals surface area contributed by atoms with Gasteiger partial charge in [0.05, 0.1) is 16.9 Å². The first-order valence-corrected chi connectivity index (χ1v) is 6.24. The molecule has 0 saturated heterocycles. The van der Waals surface area contributed by atoms with Crippen molar-refractivity contribution in [3.63, 3.8) is 0 Å². The Hall–Kier alpha value is -0.400. The zero-order valence-electron chi connectivity index (χ0n) is 9.71. The van der Waals surface area contributed by atoms with E-state index in [1.165, 1.54) is 12.1 Å². The van der Waals surface area contributed by atoms with E-state index in [1.54, 1.807) is 25.1 Å². The van der Waals surface area contributed by atoms with E-state index in [2.05, 4.69) is 4.72 Å². The first-order chi connectivity index (χ1) is 7.47. The molecule has 1 aromatic rings. The number of benzene rings is 1. The van der Waals surface area contributed by atoms with Crippen molar-refractivity contribution in [2.45, 2.75) is 24.3 Å². The molecule has 1 atom stereocenters. The van der Waals surface area contributed by atoms with Crippen molar-refractivity contribution < 1.29 is 47.9 Å². The van der Waals surface area contributed by atoms with Gasteiger partial charge in [0.2, 0.25) is 10.0 Å². The molecule has 5 nitrogen and oxygen atoms in total. The van der Waals surface area contributed by atoms with Crippen molar-refractivity contribution in [1.82, 2.24) is 4.72 Å². The molecule has 0 amide bonds. The molecule has 1 unspecified atom stereocenters. The van der Waals surface area contributed by atoms with Crippen molar-refractivity contribution in [3.05, 3.63) is 30.3 Å². The van der Waals surface area contributed by atoms with E-state index in [4.69, 9.17) is 0 Å². The molecule has 0 radical (unpaired) electrons. The van der Waals surface area contributed by atoms with E-state index in [9.17, 15) is 18.3 Å². The van der Waals surface area contributed by atoms with Crippen LogP contribution in [0.1, 0.15) is 13.3 Å². The molecule has 0 bridgehead atoms. The van der Waals surface area contributed by atoms with Crippen LogP contribution in [0.15, 0.2) is 35.2 Å². The van der Waals surface area contributed by atoms with Gasteiger partial charge in [-0.2, -0.15) is 0 Å². The van der Waals surface area contributed by atoms with Crippen LogP contribution in [0.2, 0.25) is 0 Å². The minimum atomic E-state index is -3.79. The normalized spacial score (nSPS) is 12.5. The maximum atomic E-state index is 11.7. The van der Waals surface area contributed by atoms with Gasteiger partial charge in [-0.25, -0.2) is 13.1 Å². The maximum absolute atomic E-state index is 11.7. The molecular formula is C10H12NNaO4S. The molecule has 0 fully saturated rings. The predicted octanol–water partition coefficient (Wildman–Crippen LogP) is -3.50. The third kappa shape index (κ3) is 4.77. The molecule has 0 aliphatic rings. The minimum absolute atomic E-state index is 0. The Morgan fingerprint density at radius 2 is 1.88 bits per heavy atom. The summed E-state index contributed by atoms with van der Waals surface area (Å²) in [6.07, 6.45) is 0.133. The quantitative estimate of drug-likeness (QED) is 0.560. The number of rotatable bonds is 5. The Kier molecular flexibility index (Phi) is 6.96. The zero-order valence-corrected chi connectivity index (χ0v) is 12.5. The van der Waals surface area contributed by atoms with E-state index in [0.29, 0.717) is 0 Å². The average molecular weight is 265 g/mol. The molecule has 0 saturated carbocycles. The third-order valence-corrected chi connectivity index (χ3v) is 3.53. The van der Waals surface area contributed by atoms with Gasteiger partial charge in [-0.15, -0.1) is 0 Å². The maximum Gasteiger partial charge on any atom is 1.00 e. The largest absolute Gasteiger partial charge is 1.00 e. The molecule has 0 heterocycles. The molecule has 1 N–H and O–H groups in total.